The molecule has 3 aromatic rings. The molecule has 0 aromatic heterocycles. The van der Waals surface area contributed by atoms with Gasteiger partial charge in [-0.1, -0.05) is 50.8 Å². The van der Waals surface area contributed by atoms with Gasteiger partial charge in [-0.2, -0.15) is 0 Å². The van der Waals surface area contributed by atoms with Crippen molar-refractivity contribution < 1.29 is 9.47 Å². The molecule has 204 valence electrons. The van der Waals surface area contributed by atoms with Crippen LogP contribution in [0, 0.1) is 0 Å². The number of hydrogen-bond acceptors (Lipinski definition) is 4. The van der Waals surface area contributed by atoms with E-state index in [1.54, 1.807) is 0 Å². The van der Waals surface area contributed by atoms with Gasteiger partial charge in [0.05, 0.1) is 23.2 Å². The fourth-order valence-electron chi connectivity index (χ4n) is 5.23. The summed E-state index contributed by atoms with van der Waals surface area (Å²) in [6.45, 7) is 21.1. The highest BCUT2D eigenvalue weighted by Gasteiger charge is 2.27. The second-order valence-electron chi connectivity index (χ2n) is 10.4. The Kier molecular flexibility index (Phi) is 8.86. The molecule has 0 spiro atoms. The van der Waals surface area contributed by atoms with Crippen LogP contribution in [0.1, 0.15) is 65.5 Å². The molecule has 0 bridgehead atoms. The van der Waals surface area contributed by atoms with Gasteiger partial charge in [0.25, 0.3) is 0 Å². The smallest absolute Gasteiger partial charge is 0.129 e. The molecule has 0 aliphatic carbocycles. The average molecular weight is 523 g/mol. The van der Waals surface area contributed by atoms with Crippen LogP contribution in [0.3, 0.4) is 0 Å². The quantitative estimate of drug-likeness (QED) is 0.248. The molecule has 0 N–H and O–H groups in total. The van der Waals surface area contributed by atoms with Gasteiger partial charge in [0.1, 0.15) is 17.2 Å². The number of anilines is 2. The zero-order valence-corrected chi connectivity index (χ0v) is 24.5. The molecule has 4 nitrogen and oxygen atoms in total. The normalized spacial score (nSPS) is 13.7. The largest absolute Gasteiger partial charge is 0.491 e. The number of rotatable bonds is 10. The van der Waals surface area contributed by atoms with Crippen molar-refractivity contribution in [1.29, 1.82) is 0 Å². The molecule has 0 radical (unpaired) electrons. The van der Waals surface area contributed by atoms with Crippen LogP contribution in [0.4, 0.5) is 11.4 Å². The Labute approximate surface area is 234 Å². The van der Waals surface area contributed by atoms with Gasteiger partial charge in [-0.25, -0.2) is 0 Å². The predicted molar refractivity (Wildman–Crippen MR) is 166 cm³/mol. The second kappa shape index (κ2) is 12.3. The Balaban J connectivity index is 1.78. The summed E-state index contributed by atoms with van der Waals surface area (Å²) >= 11 is 0. The van der Waals surface area contributed by atoms with E-state index in [0.717, 1.165) is 41.6 Å². The Hall–Kier alpha value is -3.92. The summed E-state index contributed by atoms with van der Waals surface area (Å²) in [6.07, 6.45) is 4.40. The topological polar surface area (TPSA) is 24.9 Å². The molecule has 0 fully saturated rings. The van der Waals surface area contributed by atoms with Crippen molar-refractivity contribution in [3.8, 4) is 17.2 Å². The number of para-hydroxylation sites is 1. The second-order valence-corrected chi connectivity index (χ2v) is 10.4. The number of hydrogen-bond donors (Lipinski definition) is 0. The van der Waals surface area contributed by atoms with Gasteiger partial charge in [-0.3, -0.25) is 0 Å². The summed E-state index contributed by atoms with van der Waals surface area (Å²) in [5.74, 6) is 2.92. The molecular weight excluding hydrogens is 480 g/mol. The van der Waals surface area contributed by atoms with Crippen molar-refractivity contribution in [1.82, 2.24) is 0 Å². The van der Waals surface area contributed by atoms with Gasteiger partial charge in [0.15, 0.2) is 0 Å². The summed E-state index contributed by atoms with van der Waals surface area (Å²) in [5, 5.41) is 0. The maximum Gasteiger partial charge on any atom is 0.129 e. The Bertz CT molecular complexity index is 1370. The van der Waals surface area contributed by atoms with Gasteiger partial charge in [0.2, 0.25) is 0 Å². The van der Waals surface area contributed by atoms with E-state index in [1.807, 2.05) is 36.4 Å². The lowest BCUT2D eigenvalue weighted by molar-refractivity contribution is 0.242. The van der Waals surface area contributed by atoms with E-state index >= 15 is 0 Å². The first-order valence-electron chi connectivity index (χ1n) is 14.0. The van der Waals surface area contributed by atoms with Crippen LogP contribution in [0.2, 0.25) is 0 Å². The minimum atomic E-state index is 0.136. The minimum Gasteiger partial charge on any atom is -0.491 e. The van der Waals surface area contributed by atoms with E-state index in [9.17, 15) is 0 Å². The zero-order chi connectivity index (χ0) is 28.1. The molecule has 1 aliphatic rings. The lowest BCUT2D eigenvalue weighted by atomic mass is 9.91. The fraction of sp³-hybridized carbons (Fsp3) is 0.314. The average Bonchev–Trinajstić information content (AvgIpc) is 2.92. The maximum absolute atomic E-state index is 6.18. The third-order valence-corrected chi connectivity index (χ3v) is 7.05. The number of nitrogens with zero attached hydrogens (tertiary/aromatic N) is 2. The van der Waals surface area contributed by atoms with Crippen molar-refractivity contribution in [3.63, 3.8) is 0 Å². The van der Waals surface area contributed by atoms with E-state index in [2.05, 4.69) is 107 Å². The molecule has 0 saturated carbocycles. The van der Waals surface area contributed by atoms with Crippen molar-refractivity contribution in [3.05, 3.63) is 108 Å². The molecular formula is C35H42N2O2. The first kappa shape index (κ1) is 28.1. The van der Waals surface area contributed by atoms with E-state index in [1.165, 1.54) is 28.2 Å². The van der Waals surface area contributed by atoms with E-state index in [-0.39, 0.29) is 6.10 Å². The number of ether oxygens (including phenoxy) is 2. The summed E-state index contributed by atoms with van der Waals surface area (Å²) in [7, 11) is 0. The third-order valence-electron chi connectivity index (χ3n) is 7.05. The molecule has 0 unspecified atom stereocenters. The highest BCUT2D eigenvalue weighted by Crippen LogP contribution is 2.43. The molecule has 3 aromatic carbocycles. The molecule has 1 heterocycles. The highest BCUT2D eigenvalue weighted by atomic mass is 16.5. The minimum absolute atomic E-state index is 0.136. The van der Waals surface area contributed by atoms with Crippen LogP contribution in [0.25, 0.3) is 5.57 Å². The van der Waals surface area contributed by atoms with Gasteiger partial charge in [-0.15, -0.1) is 0 Å². The lowest BCUT2D eigenvalue weighted by Crippen LogP contribution is -2.35. The first-order chi connectivity index (χ1) is 18.8. The van der Waals surface area contributed by atoms with Gasteiger partial charge in [0, 0.05) is 24.9 Å². The summed E-state index contributed by atoms with van der Waals surface area (Å²) < 4.78 is 12.2. The molecule has 4 heteroatoms. The molecule has 0 atom stereocenters. The monoisotopic (exact) mass is 522 g/mol. The first-order valence-corrected chi connectivity index (χ1v) is 14.0. The van der Waals surface area contributed by atoms with Crippen molar-refractivity contribution in [2.45, 2.75) is 60.5 Å². The van der Waals surface area contributed by atoms with Crippen molar-refractivity contribution >= 4 is 16.9 Å². The SMILES string of the molecule is C=C/C(=C\C1=C(C)N(CC)c2cc(Oc3ccccc3)ccc2N1CC)c1ccc(OC(C)C)cc1C(C)C. The summed E-state index contributed by atoms with van der Waals surface area (Å²) in [5.41, 5.74) is 8.25. The molecule has 39 heavy (non-hydrogen) atoms. The third kappa shape index (κ3) is 6.06. The Morgan fingerprint density at radius 3 is 2.13 bits per heavy atom. The maximum atomic E-state index is 6.18. The van der Waals surface area contributed by atoms with Crippen LogP contribution < -0.4 is 19.3 Å². The summed E-state index contributed by atoms with van der Waals surface area (Å²) in [4.78, 5) is 4.76. The van der Waals surface area contributed by atoms with Crippen LogP contribution >= 0.6 is 0 Å². The molecule has 0 saturated heterocycles. The summed E-state index contributed by atoms with van der Waals surface area (Å²) in [6, 6.07) is 22.7. The highest BCUT2D eigenvalue weighted by molar-refractivity contribution is 5.85. The zero-order valence-electron chi connectivity index (χ0n) is 24.5. The predicted octanol–water partition coefficient (Wildman–Crippen LogP) is 9.56. The van der Waals surface area contributed by atoms with Gasteiger partial charge >= 0.3 is 0 Å². The van der Waals surface area contributed by atoms with Gasteiger partial charge in [-0.05, 0) is 99.7 Å². The number of benzene rings is 3. The van der Waals surface area contributed by atoms with Crippen LogP contribution in [0.5, 0.6) is 17.2 Å². The van der Waals surface area contributed by atoms with Crippen LogP contribution in [0.15, 0.2) is 96.9 Å². The van der Waals surface area contributed by atoms with E-state index in [0.29, 0.717) is 5.92 Å². The molecule has 0 amide bonds. The number of allylic oxidation sites excluding steroid dienone is 4. The van der Waals surface area contributed by atoms with Crippen molar-refractivity contribution in [2.24, 2.45) is 0 Å². The Morgan fingerprint density at radius 1 is 0.821 bits per heavy atom. The van der Waals surface area contributed by atoms with Crippen LogP contribution in [-0.2, 0) is 0 Å². The van der Waals surface area contributed by atoms with Gasteiger partial charge < -0.3 is 19.3 Å². The van der Waals surface area contributed by atoms with E-state index in [4.69, 9.17) is 9.47 Å². The standard InChI is InChI=1S/C35H42N2O2/c1-9-27(31-19-17-29(38-25(6)7)22-32(31)24(4)5)21-34-26(8)36(10-2)35-23-30(18-20-33(35)37(34)11-3)39-28-15-13-12-14-16-28/h9,12-25H,1,10-11H2,2-8H3/b27-21+. The fourth-order valence-corrected chi connectivity index (χ4v) is 5.23. The Morgan fingerprint density at radius 2 is 1.51 bits per heavy atom. The van der Waals surface area contributed by atoms with Crippen molar-refractivity contribution in [2.75, 3.05) is 22.9 Å². The van der Waals surface area contributed by atoms with Crippen LogP contribution in [-0.4, -0.2) is 19.2 Å². The molecule has 1 aliphatic heterocycles. The lowest BCUT2D eigenvalue weighted by Gasteiger charge is -2.40. The van der Waals surface area contributed by atoms with E-state index < -0.39 is 0 Å². The number of fused-ring (bicyclic) bond motifs is 1. The number of likely N-dealkylation sites (N-methyl/N-ethyl adjacent to an activating group) is 1. The molecule has 4 rings (SSSR count).